The Kier molecular flexibility index (Phi) is 5.42. The zero-order chi connectivity index (χ0) is 13.8. The van der Waals surface area contributed by atoms with Gasteiger partial charge in [-0.1, -0.05) is 13.8 Å². The molecule has 18 heavy (non-hydrogen) atoms. The van der Waals surface area contributed by atoms with Crippen molar-refractivity contribution in [3.8, 4) is 0 Å². The molecule has 104 valence electrons. The van der Waals surface area contributed by atoms with E-state index >= 15 is 0 Å². The van der Waals surface area contributed by atoms with E-state index in [1.807, 2.05) is 13.8 Å². The van der Waals surface area contributed by atoms with Crippen molar-refractivity contribution in [3.05, 3.63) is 24.0 Å². The quantitative estimate of drug-likeness (QED) is 0.808. The van der Waals surface area contributed by atoms with E-state index in [1.165, 1.54) is 12.1 Å². The number of aryl methyl sites for hydroxylation is 1. The Morgan fingerprint density at radius 1 is 1.39 bits per heavy atom. The molecule has 1 rings (SSSR count). The maximum Gasteiger partial charge on any atom is 0.0718 e. The van der Waals surface area contributed by atoms with Crippen molar-refractivity contribution in [3.63, 3.8) is 0 Å². The van der Waals surface area contributed by atoms with Crippen LogP contribution in [0.4, 0.5) is 0 Å². The molecule has 0 radical (unpaired) electrons. The molecule has 0 saturated carbocycles. The first kappa shape index (κ1) is 15.3. The fourth-order valence-corrected chi connectivity index (χ4v) is 2.20. The third-order valence-corrected chi connectivity index (χ3v) is 2.96. The summed E-state index contributed by atoms with van der Waals surface area (Å²) in [5, 5.41) is 9.81. The summed E-state index contributed by atoms with van der Waals surface area (Å²) in [6.07, 6.45) is 3.35. The Hall–Kier alpha value is -0.800. The van der Waals surface area contributed by atoms with Crippen LogP contribution in [0, 0.1) is 5.92 Å². The van der Waals surface area contributed by atoms with Crippen LogP contribution >= 0.6 is 0 Å². The molecule has 0 aromatic carbocycles. The summed E-state index contributed by atoms with van der Waals surface area (Å²) >= 11 is 0. The molecule has 1 aromatic heterocycles. The summed E-state index contributed by atoms with van der Waals surface area (Å²) in [5.41, 5.74) is 0.687. The third kappa shape index (κ3) is 5.69. The normalized spacial score (nSPS) is 12.7. The van der Waals surface area contributed by atoms with Gasteiger partial charge in [-0.3, -0.25) is 4.90 Å². The molecule has 3 heteroatoms. The maximum absolute atomic E-state index is 9.81. The topological polar surface area (TPSA) is 28.4 Å². The van der Waals surface area contributed by atoms with Crippen LogP contribution in [0.3, 0.4) is 0 Å². The lowest BCUT2D eigenvalue weighted by atomic mass is 10.1. The highest BCUT2D eigenvalue weighted by atomic mass is 16.3. The molecule has 0 fully saturated rings. The second-order valence-corrected chi connectivity index (χ2v) is 6.36. The van der Waals surface area contributed by atoms with Crippen LogP contribution < -0.4 is 0 Å². The molecule has 0 unspecified atom stereocenters. The van der Waals surface area contributed by atoms with Gasteiger partial charge in [-0.2, -0.15) is 0 Å². The van der Waals surface area contributed by atoms with Crippen molar-refractivity contribution in [2.45, 2.75) is 52.8 Å². The van der Waals surface area contributed by atoms with Gasteiger partial charge >= 0.3 is 0 Å². The molecular weight excluding hydrogens is 224 g/mol. The number of aromatic nitrogens is 1. The van der Waals surface area contributed by atoms with E-state index in [4.69, 9.17) is 0 Å². The molecule has 1 N–H and O–H groups in total. The van der Waals surface area contributed by atoms with Crippen molar-refractivity contribution in [2.75, 3.05) is 13.6 Å². The van der Waals surface area contributed by atoms with E-state index in [0.717, 1.165) is 19.0 Å². The lowest BCUT2D eigenvalue weighted by Gasteiger charge is -2.26. The van der Waals surface area contributed by atoms with Gasteiger partial charge in [0.2, 0.25) is 0 Å². The van der Waals surface area contributed by atoms with Crippen molar-refractivity contribution >= 4 is 0 Å². The first-order valence-electron chi connectivity index (χ1n) is 6.83. The van der Waals surface area contributed by atoms with Gasteiger partial charge in [0, 0.05) is 31.5 Å². The fourth-order valence-electron chi connectivity index (χ4n) is 2.20. The average Bonchev–Trinajstić information content (AvgIpc) is 2.59. The van der Waals surface area contributed by atoms with Crippen molar-refractivity contribution in [1.82, 2.24) is 9.47 Å². The van der Waals surface area contributed by atoms with Gasteiger partial charge in [0.1, 0.15) is 0 Å². The molecule has 1 heterocycles. The van der Waals surface area contributed by atoms with Gasteiger partial charge in [-0.15, -0.1) is 0 Å². The summed E-state index contributed by atoms with van der Waals surface area (Å²) in [6, 6.07) is 4.27. The number of hydrogen-bond acceptors (Lipinski definition) is 2. The summed E-state index contributed by atoms with van der Waals surface area (Å²) in [6.45, 7) is 10.9. The zero-order valence-corrected chi connectivity index (χ0v) is 12.5. The summed E-state index contributed by atoms with van der Waals surface area (Å²) in [7, 11) is 2.05. The molecular formula is C15H28N2O. The Morgan fingerprint density at radius 2 is 2.06 bits per heavy atom. The Balaban J connectivity index is 2.54. The molecule has 0 aliphatic rings. The second-order valence-electron chi connectivity index (χ2n) is 6.36. The minimum Gasteiger partial charge on any atom is -0.389 e. The smallest absolute Gasteiger partial charge is 0.0718 e. The van der Waals surface area contributed by atoms with E-state index in [0.29, 0.717) is 6.54 Å². The molecule has 0 amide bonds. The number of rotatable bonds is 7. The molecule has 3 nitrogen and oxygen atoms in total. The zero-order valence-electron chi connectivity index (χ0n) is 12.5. The monoisotopic (exact) mass is 252 g/mol. The Labute approximate surface area is 111 Å². The molecule has 0 aliphatic heterocycles. The molecule has 1 aromatic rings. The highest BCUT2D eigenvalue weighted by Crippen LogP contribution is 2.11. The number of nitrogens with zero attached hydrogens (tertiary/aromatic N) is 2. The van der Waals surface area contributed by atoms with E-state index < -0.39 is 5.60 Å². The largest absolute Gasteiger partial charge is 0.389 e. The van der Waals surface area contributed by atoms with Gasteiger partial charge < -0.3 is 9.67 Å². The second kappa shape index (κ2) is 6.39. The lowest BCUT2D eigenvalue weighted by Crippen LogP contribution is -2.36. The predicted molar refractivity (Wildman–Crippen MR) is 76.5 cm³/mol. The van der Waals surface area contributed by atoms with Gasteiger partial charge in [0.15, 0.2) is 0 Å². The van der Waals surface area contributed by atoms with Crippen molar-refractivity contribution in [1.29, 1.82) is 0 Å². The van der Waals surface area contributed by atoms with Crippen LogP contribution in [0.2, 0.25) is 0 Å². The van der Waals surface area contributed by atoms with Gasteiger partial charge in [0.05, 0.1) is 5.60 Å². The van der Waals surface area contributed by atoms with Crippen LogP contribution in [-0.4, -0.2) is 33.8 Å². The van der Waals surface area contributed by atoms with E-state index in [2.05, 4.69) is 48.7 Å². The van der Waals surface area contributed by atoms with Crippen LogP contribution in [0.25, 0.3) is 0 Å². The van der Waals surface area contributed by atoms with Gasteiger partial charge in [0.25, 0.3) is 0 Å². The van der Waals surface area contributed by atoms with E-state index in [9.17, 15) is 5.11 Å². The minimum absolute atomic E-state index is 0.635. The molecule has 0 bridgehead atoms. The van der Waals surface area contributed by atoms with Crippen LogP contribution in [0.1, 0.15) is 39.8 Å². The standard InChI is InChI=1S/C15H28N2O/c1-13(2)8-10-17-9-6-7-14(17)11-16(5)12-15(3,4)18/h6-7,9,13,18H,8,10-12H2,1-5H3. The highest BCUT2D eigenvalue weighted by Gasteiger charge is 2.16. The molecule has 0 spiro atoms. The molecule has 0 atom stereocenters. The van der Waals surface area contributed by atoms with Crippen molar-refractivity contribution < 1.29 is 5.11 Å². The van der Waals surface area contributed by atoms with E-state index in [1.54, 1.807) is 0 Å². The van der Waals surface area contributed by atoms with Crippen LogP contribution in [0.5, 0.6) is 0 Å². The highest BCUT2D eigenvalue weighted by molar-refractivity contribution is 5.07. The SMILES string of the molecule is CC(C)CCn1cccc1CN(C)CC(C)(C)O. The summed E-state index contributed by atoms with van der Waals surface area (Å²) in [4.78, 5) is 2.17. The summed E-state index contributed by atoms with van der Waals surface area (Å²) in [5.74, 6) is 0.731. The summed E-state index contributed by atoms with van der Waals surface area (Å²) < 4.78 is 2.32. The molecule has 0 aliphatic carbocycles. The predicted octanol–water partition coefficient (Wildman–Crippen LogP) is 2.74. The van der Waals surface area contributed by atoms with E-state index in [-0.39, 0.29) is 0 Å². The number of aliphatic hydroxyl groups is 1. The Bertz CT molecular complexity index is 350. The number of hydrogen-bond donors (Lipinski definition) is 1. The minimum atomic E-state index is -0.635. The van der Waals surface area contributed by atoms with Crippen LogP contribution in [-0.2, 0) is 13.1 Å². The van der Waals surface area contributed by atoms with Gasteiger partial charge in [-0.25, -0.2) is 0 Å². The first-order valence-corrected chi connectivity index (χ1v) is 6.83. The lowest BCUT2D eigenvalue weighted by molar-refractivity contribution is 0.0418. The van der Waals surface area contributed by atoms with Gasteiger partial charge in [-0.05, 0) is 45.4 Å². The maximum atomic E-state index is 9.81. The Morgan fingerprint density at radius 3 is 2.61 bits per heavy atom. The average molecular weight is 252 g/mol. The van der Waals surface area contributed by atoms with Crippen molar-refractivity contribution in [2.24, 2.45) is 5.92 Å². The first-order chi connectivity index (χ1) is 8.28. The molecule has 0 saturated heterocycles. The number of likely N-dealkylation sites (N-methyl/N-ethyl adjacent to an activating group) is 1. The fraction of sp³-hybridized carbons (Fsp3) is 0.733. The van der Waals surface area contributed by atoms with Crippen LogP contribution in [0.15, 0.2) is 18.3 Å². The third-order valence-electron chi connectivity index (χ3n) is 2.96.